The van der Waals surface area contributed by atoms with E-state index in [9.17, 15) is 9.59 Å². The molecule has 2 amide bonds. The maximum atomic E-state index is 13.4. The van der Waals surface area contributed by atoms with Gasteiger partial charge < -0.3 is 23.7 Å². The summed E-state index contributed by atoms with van der Waals surface area (Å²) < 4.78 is 16.1. The van der Waals surface area contributed by atoms with Crippen molar-refractivity contribution in [3.05, 3.63) is 89.4 Å². The Morgan fingerprint density at radius 2 is 1.61 bits per heavy atom. The van der Waals surface area contributed by atoms with Gasteiger partial charge in [-0.1, -0.05) is 30.3 Å². The Morgan fingerprint density at radius 1 is 0.879 bits per heavy atom. The Labute approximate surface area is 194 Å². The van der Waals surface area contributed by atoms with Gasteiger partial charge in [0.15, 0.2) is 0 Å². The Kier molecular flexibility index (Phi) is 8.66. The molecule has 0 fully saturated rings. The minimum absolute atomic E-state index is 0.0687. The Morgan fingerprint density at radius 3 is 2.21 bits per heavy atom. The van der Waals surface area contributed by atoms with Crippen molar-refractivity contribution in [1.29, 1.82) is 0 Å². The molecule has 0 aliphatic heterocycles. The van der Waals surface area contributed by atoms with Crippen molar-refractivity contribution in [3.63, 3.8) is 0 Å². The third-order valence-corrected chi connectivity index (χ3v) is 5.23. The van der Waals surface area contributed by atoms with Crippen LogP contribution in [0.4, 0.5) is 0 Å². The predicted molar refractivity (Wildman–Crippen MR) is 125 cm³/mol. The summed E-state index contributed by atoms with van der Waals surface area (Å²) in [6.07, 6.45) is 0. The predicted octanol–water partition coefficient (Wildman–Crippen LogP) is 3.91. The van der Waals surface area contributed by atoms with E-state index < -0.39 is 0 Å². The molecule has 3 aromatic rings. The van der Waals surface area contributed by atoms with Crippen LogP contribution in [-0.2, 0) is 22.6 Å². The third kappa shape index (κ3) is 6.95. The van der Waals surface area contributed by atoms with Crippen molar-refractivity contribution >= 4 is 11.8 Å². The summed E-state index contributed by atoms with van der Waals surface area (Å²) >= 11 is 0. The smallest absolute Gasteiger partial charge is 0.254 e. The molecule has 33 heavy (non-hydrogen) atoms. The van der Waals surface area contributed by atoms with Crippen LogP contribution in [0.25, 0.3) is 0 Å². The molecule has 2 aromatic carbocycles. The van der Waals surface area contributed by atoms with Crippen LogP contribution in [0.3, 0.4) is 0 Å². The maximum Gasteiger partial charge on any atom is 0.254 e. The quantitative estimate of drug-likeness (QED) is 0.443. The van der Waals surface area contributed by atoms with E-state index in [4.69, 9.17) is 13.9 Å². The van der Waals surface area contributed by atoms with E-state index in [0.29, 0.717) is 43.3 Å². The zero-order chi connectivity index (χ0) is 23.6. The fraction of sp³-hybridized carbons (Fsp3) is 0.308. The largest absolute Gasteiger partial charge is 0.497 e. The van der Waals surface area contributed by atoms with Crippen LogP contribution in [-0.4, -0.2) is 55.5 Å². The maximum absolute atomic E-state index is 13.4. The van der Waals surface area contributed by atoms with E-state index in [0.717, 1.165) is 11.3 Å². The highest BCUT2D eigenvalue weighted by atomic mass is 16.5. The molecule has 0 saturated carbocycles. The van der Waals surface area contributed by atoms with Crippen LogP contribution in [0.5, 0.6) is 5.75 Å². The van der Waals surface area contributed by atoms with E-state index >= 15 is 0 Å². The monoisotopic (exact) mass is 450 g/mol. The zero-order valence-electron chi connectivity index (χ0n) is 19.3. The van der Waals surface area contributed by atoms with Gasteiger partial charge in [0.05, 0.1) is 20.3 Å². The molecule has 0 saturated heterocycles. The topological polar surface area (TPSA) is 72.2 Å². The second kappa shape index (κ2) is 11.9. The zero-order valence-corrected chi connectivity index (χ0v) is 19.3. The summed E-state index contributed by atoms with van der Waals surface area (Å²) in [5.74, 6) is 1.73. The van der Waals surface area contributed by atoms with E-state index in [1.807, 2.05) is 49.4 Å². The van der Waals surface area contributed by atoms with Crippen LogP contribution < -0.4 is 4.74 Å². The Balaban J connectivity index is 1.79. The molecule has 0 atom stereocenters. The second-order valence-corrected chi connectivity index (χ2v) is 7.70. The molecule has 1 aromatic heterocycles. The van der Waals surface area contributed by atoms with Crippen LogP contribution in [0.1, 0.15) is 27.4 Å². The van der Waals surface area contributed by atoms with Gasteiger partial charge in [-0.15, -0.1) is 0 Å². The molecule has 0 N–H and O–H groups in total. The first-order valence-corrected chi connectivity index (χ1v) is 10.8. The molecule has 7 nitrogen and oxygen atoms in total. The van der Waals surface area contributed by atoms with Gasteiger partial charge >= 0.3 is 0 Å². The van der Waals surface area contributed by atoms with Crippen LogP contribution >= 0.6 is 0 Å². The van der Waals surface area contributed by atoms with Crippen molar-refractivity contribution in [2.75, 3.05) is 33.9 Å². The molecule has 7 heteroatoms. The van der Waals surface area contributed by atoms with E-state index in [2.05, 4.69) is 0 Å². The molecular weight excluding hydrogens is 420 g/mol. The molecule has 0 aliphatic rings. The lowest BCUT2D eigenvalue weighted by molar-refractivity contribution is -0.133. The number of amides is 2. The van der Waals surface area contributed by atoms with Crippen LogP contribution in [0.2, 0.25) is 0 Å². The number of hydrogen-bond acceptors (Lipinski definition) is 5. The summed E-state index contributed by atoms with van der Waals surface area (Å²) in [5.41, 5.74) is 1.48. The fourth-order valence-corrected chi connectivity index (χ4v) is 3.43. The van der Waals surface area contributed by atoms with Gasteiger partial charge in [0.25, 0.3) is 5.91 Å². The van der Waals surface area contributed by atoms with E-state index in [1.165, 1.54) is 4.90 Å². The van der Waals surface area contributed by atoms with Gasteiger partial charge in [0.1, 0.15) is 23.8 Å². The van der Waals surface area contributed by atoms with Crippen molar-refractivity contribution in [2.24, 2.45) is 0 Å². The molecule has 0 aliphatic carbocycles. The number of carbonyl (C=O) groups is 2. The fourth-order valence-electron chi connectivity index (χ4n) is 3.43. The van der Waals surface area contributed by atoms with Gasteiger partial charge in [-0.05, 0) is 48.9 Å². The first-order chi connectivity index (χ1) is 16.0. The van der Waals surface area contributed by atoms with Gasteiger partial charge in [0.2, 0.25) is 5.91 Å². The number of benzene rings is 2. The van der Waals surface area contributed by atoms with Crippen LogP contribution in [0.15, 0.2) is 71.1 Å². The van der Waals surface area contributed by atoms with Crippen molar-refractivity contribution in [1.82, 2.24) is 9.80 Å². The summed E-state index contributed by atoms with van der Waals surface area (Å²) in [6, 6.07) is 20.3. The minimum Gasteiger partial charge on any atom is -0.497 e. The van der Waals surface area contributed by atoms with Crippen molar-refractivity contribution < 1.29 is 23.5 Å². The molecule has 0 radical (unpaired) electrons. The lowest BCUT2D eigenvalue weighted by Gasteiger charge is -2.27. The molecule has 1 heterocycles. The molecule has 174 valence electrons. The second-order valence-electron chi connectivity index (χ2n) is 7.70. The molecule has 3 rings (SSSR count). The number of carbonyl (C=O) groups excluding carboxylic acids is 2. The number of hydrogen-bond donors (Lipinski definition) is 0. The number of aryl methyl sites for hydroxylation is 1. The third-order valence-electron chi connectivity index (χ3n) is 5.23. The summed E-state index contributed by atoms with van der Waals surface area (Å²) in [6.45, 7) is 3.15. The SMILES string of the molecule is COCCN(CC(=O)N(Cc1ccccc1)Cc1ccc(C)o1)C(=O)c1ccc(OC)cc1. The lowest BCUT2D eigenvalue weighted by Crippen LogP contribution is -2.43. The first kappa shape index (κ1) is 24.1. The molecular formula is C26H30N2O5. The number of rotatable bonds is 11. The highest BCUT2D eigenvalue weighted by Gasteiger charge is 2.23. The normalized spacial score (nSPS) is 10.6. The Hall–Kier alpha value is -3.58. The number of nitrogens with zero attached hydrogens (tertiary/aromatic N) is 2. The molecule has 0 spiro atoms. The van der Waals surface area contributed by atoms with Gasteiger partial charge in [-0.25, -0.2) is 0 Å². The summed E-state index contributed by atoms with van der Waals surface area (Å²) in [5, 5.41) is 0. The highest BCUT2D eigenvalue weighted by Crippen LogP contribution is 2.16. The first-order valence-electron chi connectivity index (χ1n) is 10.8. The number of furan rings is 1. The van der Waals surface area contributed by atoms with Gasteiger partial charge in [-0.3, -0.25) is 9.59 Å². The van der Waals surface area contributed by atoms with Crippen molar-refractivity contribution in [2.45, 2.75) is 20.0 Å². The lowest BCUT2D eigenvalue weighted by atomic mass is 10.1. The summed E-state index contributed by atoms with van der Waals surface area (Å²) in [4.78, 5) is 29.8. The average molecular weight is 451 g/mol. The standard InChI is InChI=1S/C26H30N2O5/c1-20-9-12-24(33-20)18-28(17-21-7-5-4-6-8-21)25(29)19-27(15-16-31-2)26(30)22-10-13-23(32-3)14-11-22/h4-14H,15-19H2,1-3H3. The molecule has 0 bridgehead atoms. The molecule has 0 unspecified atom stereocenters. The Bertz CT molecular complexity index is 1030. The minimum atomic E-state index is -0.239. The summed E-state index contributed by atoms with van der Waals surface area (Å²) in [7, 11) is 3.14. The number of methoxy groups -OCH3 is 2. The van der Waals surface area contributed by atoms with Crippen molar-refractivity contribution in [3.8, 4) is 5.75 Å². The highest BCUT2D eigenvalue weighted by molar-refractivity contribution is 5.96. The van der Waals surface area contributed by atoms with E-state index in [1.54, 1.807) is 43.4 Å². The van der Waals surface area contributed by atoms with Gasteiger partial charge in [-0.2, -0.15) is 0 Å². The average Bonchev–Trinajstić information content (AvgIpc) is 3.26. The van der Waals surface area contributed by atoms with E-state index in [-0.39, 0.29) is 18.4 Å². The van der Waals surface area contributed by atoms with Crippen LogP contribution in [0, 0.1) is 6.92 Å². The van der Waals surface area contributed by atoms with Gasteiger partial charge in [0, 0.05) is 25.8 Å². The number of ether oxygens (including phenoxy) is 2.